The normalized spacial score (nSPS) is 10.8. The van der Waals surface area contributed by atoms with E-state index in [2.05, 4.69) is 15.0 Å². The molecule has 17 heavy (non-hydrogen) atoms. The minimum Gasteiger partial charge on any atom is -0.337 e. The van der Waals surface area contributed by atoms with E-state index >= 15 is 0 Å². The number of benzene rings is 1. The summed E-state index contributed by atoms with van der Waals surface area (Å²) >= 11 is 5.88. The molecule has 0 fully saturated rings. The molecule has 0 atom stereocenters. The molecule has 7 heteroatoms. The quantitative estimate of drug-likeness (QED) is 0.846. The predicted molar refractivity (Wildman–Crippen MR) is 57.5 cm³/mol. The first kappa shape index (κ1) is 12.0. The second-order valence-corrected chi connectivity index (χ2v) is 3.70. The smallest absolute Gasteiger partial charge is 0.254 e. The molecule has 90 valence electrons. The van der Waals surface area contributed by atoms with Gasteiger partial charge in [0.2, 0.25) is 0 Å². The van der Waals surface area contributed by atoms with Gasteiger partial charge < -0.3 is 4.52 Å². The van der Waals surface area contributed by atoms with Gasteiger partial charge in [0.25, 0.3) is 5.89 Å². The average Bonchev–Trinajstić information content (AvgIpc) is 2.72. The second-order valence-electron chi connectivity index (χ2n) is 3.29. The van der Waals surface area contributed by atoms with Crippen LogP contribution in [0.2, 0.25) is 5.02 Å². The zero-order valence-corrected chi connectivity index (χ0v) is 9.45. The van der Waals surface area contributed by atoms with Crippen molar-refractivity contribution < 1.29 is 13.8 Å². The van der Waals surface area contributed by atoms with Gasteiger partial charge in [0.15, 0.2) is 5.82 Å². The van der Waals surface area contributed by atoms with Gasteiger partial charge in [0, 0.05) is 17.0 Å². The molecule has 1 aromatic heterocycles. The van der Waals surface area contributed by atoms with E-state index in [1.54, 1.807) is 6.07 Å². The lowest BCUT2D eigenvalue weighted by molar-refractivity contribution is 0.0995. The van der Waals surface area contributed by atoms with Crippen molar-refractivity contribution in [2.24, 2.45) is 5.90 Å². The summed E-state index contributed by atoms with van der Waals surface area (Å²) in [4.78, 5) is 8.31. The van der Waals surface area contributed by atoms with Crippen LogP contribution in [0.4, 0.5) is 4.39 Å². The van der Waals surface area contributed by atoms with E-state index in [1.165, 1.54) is 12.1 Å². The van der Waals surface area contributed by atoms with Crippen molar-refractivity contribution in [3.63, 3.8) is 0 Å². The maximum absolute atomic E-state index is 13.5. The molecule has 0 unspecified atom stereocenters. The molecule has 0 saturated carbocycles. The van der Waals surface area contributed by atoms with Crippen LogP contribution in [0.5, 0.6) is 0 Å². The van der Waals surface area contributed by atoms with E-state index in [4.69, 9.17) is 22.0 Å². The Balaban J connectivity index is 2.19. The molecule has 0 amide bonds. The maximum atomic E-state index is 13.5. The van der Waals surface area contributed by atoms with Crippen molar-refractivity contribution in [3.8, 4) is 0 Å². The first-order valence-electron chi connectivity index (χ1n) is 4.76. The lowest BCUT2D eigenvalue weighted by Gasteiger charge is -2.01. The Kier molecular flexibility index (Phi) is 3.68. The molecule has 2 rings (SSSR count). The molecular formula is C10H9ClFN3O2. The van der Waals surface area contributed by atoms with Crippen LogP contribution in [0.3, 0.4) is 0 Å². The minimum atomic E-state index is -0.404. The number of halogens is 2. The number of rotatable bonds is 4. The highest BCUT2D eigenvalue weighted by Gasteiger charge is 2.12. The molecule has 2 aromatic rings. The number of nitrogens with two attached hydrogens (primary N) is 1. The average molecular weight is 258 g/mol. The lowest BCUT2D eigenvalue weighted by atomic mass is 10.1. The summed E-state index contributed by atoms with van der Waals surface area (Å²) < 4.78 is 18.3. The standard InChI is InChI=1S/C10H9ClFN3O2/c11-7-2-1-3-8(12)6(7)4-9-14-10(5-16-13)17-15-9/h1-3H,4-5,13H2. The van der Waals surface area contributed by atoms with Gasteiger partial charge >= 0.3 is 0 Å². The molecule has 0 aliphatic heterocycles. The molecule has 0 saturated heterocycles. The van der Waals surface area contributed by atoms with Crippen LogP contribution in [0.15, 0.2) is 22.7 Å². The third kappa shape index (κ3) is 2.79. The summed E-state index contributed by atoms with van der Waals surface area (Å²) in [5, 5.41) is 3.99. The SMILES string of the molecule is NOCc1nc(Cc2c(F)cccc2Cl)no1. The Labute approximate surface area is 101 Å². The van der Waals surface area contributed by atoms with Gasteiger partial charge in [-0.05, 0) is 12.1 Å². The molecule has 0 aliphatic rings. The molecule has 5 nitrogen and oxygen atoms in total. The van der Waals surface area contributed by atoms with E-state index in [0.29, 0.717) is 16.4 Å². The molecule has 2 N–H and O–H groups in total. The molecule has 1 aromatic carbocycles. The third-order valence-electron chi connectivity index (χ3n) is 2.11. The van der Waals surface area contributed by atoms with Gasteiger partial charge in [-0.1, -0.05) is 22.8 Å². The fraction of sp³-hybridized carbons (Fsp3) is 0.200. The van der Waals surface area contributed by atoms with Crippen molar-refractivity contribution in [3.05, 3.63) is 46.3 Å². The largest absolute Gasteiger partial charge is 0.337 e. The summed E-state index contributed by atoms with van der Waals surface area (Å²) in [6.07, 6.45) is 0.152. The lowest BCUT2D eigenvalue weighted by Crippen LogP contribution is -2.00. The predicted octanol–water partition coefficient (Wildman–Crippen LogP) is 1.84. The summed E-state index contributed by atoms with van der Waals surface area (Å²) in [5.41, 5.74) is 0.329. The highest BCUT2D eigenvalue weighted by Crippen LogP contribution is 2.21. The van der Waals surface area contributed by atoms with Crippen LogP contribution in [0, 0.1) is 5.82 Å². The fourth-order valence-corrected chi connectivity index (χ4v) is 1.58. The fourth-order valence-electron chi connectivity index (χ4n) is 1.35. The van der Waals surface area contributed by atoms with E-state index in [0.717, 1.165) is 0 Å². The van der Waals surface area contributed by atoms with Crippen LogP contribution in [-0.4, -0.2) is 10.1 Å². The number of aromatic nitrogens is 2. The highest BCUT2D eigenvalue weighted by molar-refractivity contribution is 6.31. The summed E-state index contributed by atoms with van der Waals surface area (Å²) in [7, 11) is 0. The van der Waals surface area contributed by atoms with Crippen LogP contribution in [-0.2, 0) is 17.9 Å². The topological polar surface area (TPSA) is 74.2 Å². The van der Waals surface area contributed by atoms with Crippen molar-refractivity contribution >= 4 is 11.6 Å². The van der Waals surface area contributed by atoms with E-state index in [9.17, 15) is 4.39 Å². The van der Waals surface area contributed by atoms with Gasteiger partial charge in [-0.25, -0.2) is 10.3 Å². The maximum Gasteiger partial charge on any atom is 0.254 e. The third-order valence-corrected chi connectivity index (χ3v) is 2.47. The first-order valence-corrected chi connectivity index (χ1v) is 5.14. The zero-order chi connectivity index (χ0) is 12.3. The summed E-state index contributed by atoms with van der Waals surface area (Å²) in [5.74, 6) is 5.01. The molecular weight excluding hydrogens is 249 g/mol. The molecule has 1 heterocycles. The Morgan fingerprint density at radius 2 is 2.29 bits per heavy atom. The Hall–Kier alpha value is -1.50. The van der Waals surface area contributed by atoms with Crippen molar-refractivity contribution in [1.29, 1.82) is 0 Å². The Bertz CT molecular complexity index is 498. The Morgan fingerprint density at radius 3 is 3.00 bits per heavy atom. The molecule has 0 spiro atoms. The van der Waals surface area contributed by atoms with Gasteiger partial charge in [0.05, 0.1) is 0 Å². The number of hydrogen-bond acceptors (Lipinski definition) is 5. The highest BCUT2D eigenvalue weighted by atomic mass is 35.5. The minimum absolute atomic E-state index is 0.0119. The van der Waals surface area contributed by atoms with Crippen molar-refractivity contribution in [2.45, 2.75) is 13.0 Å². The zero-order valence-electron chi connectivity index (χ0n) is 8.69. The van der Waals surface area contributed by atoms with Gasteiger partial charge in [-0.15, -0.1) is 0 Å². The number of nitrogens with zero attached hydrogens (tertiary/aromatic N) is 2. The van der Waals surface area contributed by atoms with E-state index in [-0.39, 0.29) is 18.9 Å². The molecule has 0 bridgehead atoms. The van der Waals surface area contributed by atoms with Gasteiger partial charge in [0.1, 0.15) is 12.4 Å². The van der Waals surface area contributed by atoms with Gasteiger partial charge in [-0.2, -0.15) is 4.98 Å². The van der Waals surface area contributed by atoms with E-state index in [1.807, 2.05) is 0 Å². The van der Waals surface area contributed by atoms with Crippen molar-refractivity contribution in [2.75, 3.05) is 0 Å². The monoisotopic (exact) mass is 257 g/mol. The molecule has 0 aliphatic carbocycles. The van der Waals surface area contributed by atoms with Crippen LogP contribution in [0.25, 0.3) is 0 Å². The van der Waals surface area contributed by atoms with Crippen LogP contribution in [0.1, 0.15) is 17.3 Å². The van der Waals surface area contributed by atoms with Crippen LogP contribution >= 0.6 is 11.6 Å². The summed E-state index contributed by atoms with van der Waals surface area (Å²) in [6.45, 7) is 0.0119. The Morgan fingerprint density at radius 1 is 1.47 bits per heavy atom. The summed E-state index contributed by atoms with van der Waals surface area (Å²) in [6, 6.07) is 4.46. The second kappa shape index (κ2) is 5.22. The number of hydrogen-bond donors (Lipinski definition) is 1. The van der Waals surface area contributed by atoms with Crippen LogP contribution < -0.4 is 5.90 Å². The first-order chi connectivity index (χ1) is 8.20. The van der Waals surface area contributed by atoms with Gasteiger partial charge in [-0.3, -0.25) is 4.84 Å². The van der Waals surface area contributed by atoms with Crippen molar-refractivity contribution in [1.82, 2.24) is 10.1 Å². The molecule has 0 radical (unpaired) electrons. The van der Waals surface area contributed by atoms with E-state index < -0.39 is 5.82 Å².